The van der Waals surface area contributed by atoms with Crippen molar-refractivity contribution in [1.82, 2.24) is 32.3 Å². The van der Waals surface area contributed by atoms with Crippen LogP contribution in [0.2, 0.25) is 0 Å². The molecule has 0 heterocycles. The van der Waals surface area contributed by atoms with Gasteiger partial charge in [-0.25, -0.2) is 0 Å². The molecule has 146 valence electrons. The van der Waals surface area contributed by atoms with Crippen molar-refractivity contribution in [2.24, 2.45) is 0 Å². The highest BCUT2D eigenvalue weighted by Gasteiger charge is 2.13. The predicted molar refractivity (Wildman–Crippen MR) is 114 cm³/mol. The summed E-state index contributed by atoms with van der Waals surface area (Å²) >= 11 is 10.1. The number of carbonyl (C=O) groups is 2. The summed E-state index contributed by atoms with van der Waals surface area (Å²) in [6.07, 6.45) is 0. The van der Waals surface area contributed by atoms with E-state index in [2.05, 4.69) is 32.3 Å². The molecule has 2 rings (SSSR count). The van der Waals surface area contributed by atoms with Gasteiger partial charge in [-0.1, -0.05) is 60.7 Å². The first-order valence-electron chi connectivity index (χ1n) is 8.30. The highest BCUT2D eigenvalue weighted by atomic mass is 32.1. The van der Waals surface area contributed by atoms with E-state index in [0.717, 1.165) is 11.1 Å². The Morgan fingerprint density at radius 2 is 0.964 bits per heavy atom. The second-order valence-corrected chi connectivity index (χ2v) is 6.31. The zero-order valence-electron chi connectivity index (χ0n) is 14.8. The van der Waals surface area contributed by atoms with Gasteiger partial charge in [0.15, 0.2) is 10.2 Å². The molecule has 2 amide bonds. The maximum Gasteiger partial charge on any atom is 0.329 e. The average molecular weight is 417 g/mol. The zero-order valence-corrected chi connectivity index (χ0v) is 16.5. The van der Waals surface area contributed by atoms with Crippen LogP contribution in [0.1, 0.15) is 11.1 Å². The summed E-state index contributed by atoms with van der Waals surface area (Å²) < 4.78 is 0. The molecule has 6 N–H and O–H groups in total. The lowest BCUT2D eigenvalue weighted by molar-refractivity contribution is -0.139. The van der Waals surface area contributed by atoms with Crippen LogP contribution in [0.15, 0.2) is 60.7 Å². The third kappa shape index (κ3) is 7.98. The van der Waals surface area contributed by atoms with Gasteiger partial charge >= 0.3 is 11.8 Å². The van der Waals surface area contributed by atoms with Crippen molar-refractivity contribution in [3.8, 4) is 0 Å². The van der Waals surface area contributed by atoms with Gasteiger partial charge in [0.25, 0.3) is 0 Å². The van der Waals surface area contributed by atoms with E-state index in [-0.39, 0.29) is 10.2 Å². The Bertz CT molecular complexity index is 748. The van der Waals surface area contributed by atoms with Gasteiger partial charge in [-0.05, 0) is 35.6 Å². The molecule has 0 bridgehead atoms. The van der Waals surface area contributed by atoms with E-state index in [1.165, 1.54) is 0 Å². The lowest BCUT2D eigenvalue weighted by Gasteiger charge is -2.13. The smallest absolute Gasteiger partial charge is 0.329 e. The second-order valence-electron chi connectivity index (χ2n) is 5.49. The topological polar surface area (TPSA) is 106 Å². The fourth-order valence-electron chi connectivity index (χ4n) is 1.99. The molecular formula is C18H20N6O2S2. The SMILES string of the molecule is O=C(NNC(=S)NCc1ccccc1)C(=O)NNC(=S)NCc1ccccc1. The Morgan fingerprint density at radius 3 is 1.32 bits per heavy atom. The number of rotatable bonds is 4. The molecule has 0 aliphatic heterocycles. The normalized spacial score (nSPS) is 9.57. The molecule has 0 unspecified atom stereocenters. The standard InChI is InChI=1S/C18H20N6O2S2/c25-15(21-23-17(27)19-11-13-7-3-1-4-8-13)16(26)22-24-18(28)20-12-14-9-5-2-6-10-14/h1-10H,11-12H2,(H,21,25)(H,22,26)(H2,19,23,27)(H2,20,24,28). The Hall–Kier alpha value is -3.24. The lowest BCUT2D eigenvalue weighted by atomic mass is 10.2. The first-order chi connectivity index (χ1) is 13.5. The molecular weight excluding hydrogens is 396 g/mol. The number of hydrazine groups is 2. The maximum absolute atomic E-state index is 11.7. The Morgan fingerprint density at radius 1 is 0.607 bits per heavy atom. The van der Waals surface area contributed by atoms with Crippen molar-refractivity contribution in [3.63, 3.8) is 0 Å². The summed E-state index contributed by atoms with van der Waals surface area (Å²) in [6.45, 7) is 0.968. The van der Waals surface area contributed by atoms with Gasteiger partial charge in [-0.2, -0.15) is 0 Å². The highest BCUT2D eigenvalue weighted by Crippen LogP contribution is 1.97. The summed E-state index contributed by atoms with van der Waals surface area (Å²) in [5.74, 6) is -1.86. The van der Waals surface area contributed by atoms with E-state index in [4.69, 9.17) is 24.4 Å². The molecule has 0 saturated carbocycles. The maximum atomic E-state index is 11.7. The van der Waals surface area contributed by atoms with Gasteiger partial charge in [0, 0.05) is 13.1 Å². The summed E-state index contributed by atoms with van der Waals surface area (Å²) in [5.41, 5.74) is 11.3. The van der Waals surface area contributed by atoms with Crippen LogP contribution >= 0.6 is 24.4 Å². The molecule has 2 aromatic carbocycles. The largest absolute Gasteiger partial charge is 0.357 e. The number of thiocarbonyl (C=S) groups is 2. The molecule has 2 aromatic rings. The van der Waals surface area contributed by atoms with Crippen LogP contribution in [0.5, 0.6) is 0 Å². The first-order valence-corrected chi connectivity index (χ1v) is 9.12. The molecule has 0 atom stereocenters. The predicted octanol–water partition coefficient (Wildman–Crippen LogP) is 0.377. The van der Waals surface area contributed by atoms with E-state index in [9.17, 15) is 9.59 Å². The number of hydrogen-bond donors (Lipinski definition) is 6. The van der Waals surface area contributed by atoms with Crippen molar-refractivity contribution in [3.05, 3.63) is 71.8 Å². The van der Waals surface area contributed by atoms with E-state index in [1.807, 2.05) is 60.7 Å². The number of hydrogen-bond acceptors (Lipinski definition) is 4. The zero-order chi connectivity index (χ0) is 20.2. The van der Waals surface area contributed by atoms with Crippen molar-refractivity contribution < 1.29 is 9.59 Å². The minimum Gasteiger partial charge on any atom is -0.357 e. The first kappa shape index (κ1) is 21.1. The van der Waals surface area contributed by atoms with Gasteiger partial charge in [0.05, 0.1) is 0 Å². The van der Waals surface area contributed by atoms with E-state index in [0.29, 0.717) is 13.1 Å². The minimum absolute atomic E-state index is 0.179. The molecule has 28 heavy (non-hydrogen) atoms. The third-order valence-corrected chi connectivity index (χ3v) is 3.87. The number of benzene rings is 2. The Balaban J connectivity index is 1.60. The number of amides is 2. The summed E-state index contributed by atoms with van der Waals surface area (Å²) in [4.78, 5) is 23.5. The second kappa shape index (κ2) is 11.5. The van der Waals surface area contributed by atoms with Gasteiger partial charge in [-0.3, -0.25) is 31.3 Å². The monoisotopic (exact) mass is 416 g/mol. The molecule has 10 heteroatoms. The van der Waals surface area contributed by atoms with Crippen LogP contribution in [0, 0.1) is 0 Å². The molecule has 0 aliphatic rings. The Kier molecular flexibility index (Phi) is 8.63. The molecule has 0 saturated heterocycles. The van der Waals surface area contributed by atoms with Crippen LogP contribution in [-0.2, 0) is 22.7 Å². The van der Waals surface area contributed by atoms with Gasteiger partial charge < -0.3 is 10.6 Å². The van der Waals surface area contributed by atoms with Crippen molar-refractivity contribution in [2.45, 2.75) is 13.1 Å². The number of carbonyl (C=O) groups excluding carboxylic acids is 2. The molecule has 0 radical (unpaired) electrons. The van der Waals surface area contributed by atoms with E-state index < -0.39 is 11.8 Å². The quantitative estimate of drug-likeness (QED) is 0.241. The minimum atomic E-state index is -0.928. The van der Waals surface area contributed by atoms with Gasteiger partial charge in [-0.15, -0.1) is 0 Å². The molecule has 0 aromatic heterocycles. The van der Waals surface area contributed by atoms with Crippen LogP contribution in [0.4, 0.5) is 0 Å². The number of nitrogens with one attached hydrogen (secondary N) is 6. The summed E-state index contributed by atoms with van der Waals surface area (Å²) in [5, 5.41) is 6.16. The fraction of sp³-hybridized carbons (Fsp3) is 0.111. The fourth-order valence-corrected chi connectivity index (χ4v) is 2.23. The molecule has 0 spiro atoms. The van der Waals surface area contributed by atoms with Crippen molar-refractivity contribution >= 4 is 46.5 Å². The average Bonchev–Trinajstić information content (AvgIpc) is 2.74. The molecule has 8 nitrogen and oxygen atoms in total. The van der Waals surface area contributed by atoms with Crippen molar-refractivity contribution in [1.29, 1.82) is 0 Å². The van der Waals surface area contributed by atoms with E-state index >= 15 is 0 Å². The van der Waals surface area contributed by atoms with Crippen LogP contribution in [0.25, 0.3) is 0 Å². The summed E-state index contributed by atoms with van der Waals surface area (Å²) in [6, 6.07) is 19.2. The molecule has 0 fully saturated rings. The van der Waals surface area contributed by atoms with E-state index in [1.54, 1.807) is 0 Å². The third-order valence-electron chi connectivity index (χ3n) is 3.38. The van der Waals surface area contributed by atoms with Gasteiger partial charge in [0.1, 0.15) is 0 Å². The lowest BCUT2D eigenvalue weighted by Crippen LogP contribution is -2.55. The molecule has 0 aliphatic carbocycles. The van der Waals surface area contributed by atoms with Gasteiger partial charge in [0.2, 0.25) is 0 Å². The van der Waals surface area contributed by atoms with Crippen molar-refractivity contribution in [2.75, 3.05) is 0 Å². The van der Waals surface area contributed by atoms with Crippen LogP contribution in [-0.4, -0.2) is 22.0 Å². The Labute approximate surface area is 173 Å². The van der Waals surface area contributed by atoms with Crippen LogP contribution in [0.3, 0.4) is 0 Å². The summed E-state index contributed by atoms with van der Waals surface area (Å²) in [7, 11) is 0. The highest BCUT2D eigenvalue weighted by molar-refractivity contribution is 7.80. The van der Waals surface area contributed by atoms with Crippen LogP contribution < -0.4 is 32.3 Å².